The molecule has 2 aromatic rings. The largest absolute Gasteiger partial charge is 0.481 e. The van der Waals surface area contributed by atoms with E-state index in [0.717, 1.165) is 0 Å². The molecule has 0 aliphatic rings. The van der Waals surface area contributed by atoms with Crippen LogP contribution in [0.3, 0.4) is 0 Å². The van der Waals surface area contributed by atoms with Gasteiger partial charge in [0.25, 0.3) is 5.69 Å². The maximum atomic E-state index is 12.8. The Morgan fingerprint density at radius 2 is 1.88 bits per heavy atom. The third kappa shape index (κ3) is 3.60. The molecule has 25 heavy (non-hydrogen) atoms. The van der Waals surface area contributed by atoms with Crippen molar-refractivity contribution in [3.05, 3.63) is 63.0 Å². The fourth-order valence-corrected chi connectivity index (χ4v) is 3.00. The van der Waals surface area contributed by atoms with Crippen molar-refractivity contribution in [1.29, 1.82) is 0 Å². The molecule has 2 rings (SSSR count). The predicted octanol–water partition coefficient (Wildman–Crippen LogP) is 3.44. The molecular formula is C18H20N2O5. The predicted molar refractivity (Wildman–Crippen MR) is 92.0 cm³/mol. The van der Waals surface area contributed by atoms with E-state index in [1.54, 1.807) is 24.6 Å². The van der Waals surface area contributed by atoms with E-state index < -0.39 is 16.8 Å². The number of carbonyl (C=O) groups excluding carboxylic acids is 1. The van der Waals surface area contributed by atoms with Gasteiger partial charge in [-0.05, 0) is 37.1 Å². The Labute approximate surface area is 145 Å². The lowest BCUT2D eigenvalue weighted by Crippen LogP contribution is -2.17. The molecule has 0 saturated carbocycles. The summed E-state index contributed by atoms with van der Waals surface area (Å²) in [5.74, 6) is -1.88. The molecule has 0 bridgehead atoms. The number of ketones is 1. The standard InChI is InChI=1S/C18H20N2O5/c1-4-5-14(18(22)23)15-10-11(2)16(19(15)3)17(21)12-6-8-13(9-7-12)20(24)25/h6-10,14H,4-5H2,1-3H3,(H,22,23). The first-order valence-corrected chi connectivity index (χ1v) is 7.96. The first-order chi connectivity index (χ1) is 11.8. The third-order valence-corrected chi connectivity index (χ3v) is 4.25. The molecule has 1 aromatic carbocycles. The van der Waals surface area contributed by atoms with Gasteiger partial charge in [-0.15, -0.1) is 0 Å². The van der Waals surface area contributed by atoms with Crippen LogP contribution in [0.5, 0.6) is 0 Å². The highest BCUT2D eigenvalue weighted by atomic mass is 16.6. The zero-order valence-corrected chi connectivity index (χ0v) is 14.4. The lowest BCUT2D eigenvalue weighted by atomic mass is 10.00. The summed E-state index contributed by atoms with van der Waals surface area (Å²) in [4.78, 5) is 34.5. The number of nitro benzene ring substituents is 1. The van der Waals surface area contributed by atoms with Gasteiger partial charge in [-0.3, -0.25) is 19.7 Å². The van der Waals surface area contributed by atoms with Crippen LogP contribution >= 0.6 is 0 Å². The van der Waals surface area contributed by atoms with Crippen molar-refractivity contribution in [2.45, 2.75) is 32.6 Å². The molecule has 1 unspecified atom stereocenters. The second-order valence-corrected chi connectivity index (χ2v) is 5.97. The average molecular weight is 344 g/mol. The van der Waals surface area contributed by atoms with E-state index in [9.17, 15) is 24.8 Å². The first kappa shape index (κ1) is 18.4. The summed E-state index contributed by atoms with van der Waals surface area (Å²) in [6, 6.07) is 7.11. The summed E-state index contributed by atoms with van der Waals surface area (Å²) in [6.45, 7) is 3.67. The van der Waals surface area contributed by atoms with Gasteiger partial charge in [-0.1, -0.05) is 13.3 Å². The quantitative estimate of drug-likeness (QED) is 0.471. The van der Waals surface area contributed by atoms with Crippen LogP contribution in [-0.2, 0) is 11.8 Å². The van der Waals surface area contributed by atoms with Crippen molar-refractivity contribution in [3.8, 4) is 0 Å². The van der Waals surface area contributed by atoms with E-state index in [1.807, 2.05) is 6.92 Å². The minimum atomic E-state index is -0.920. The number of carbonyl (C=O) groups is 2. The number of carboxylic acid groups (broad SMARTS) is 1. The molecule has 0 radical (unpaired) electrons. The molecule has 0 amide bonds. The first-order valence-electron chi connectivity index (χ1n) is 7.96. The fourth-order valence-electron chi connectivity index (χ4n) is 3.00. The van der Waals surface area contributed by atoms with Gasteiger partial charge in [-0.25, -0.2) is 0 Å². The Morgan fingerprint density at radius 3 is 2.36 bits per heavy atom. The van der Waals surface area contributed by atoms with Gasteiger partial charge in [0.05, 0.1) is 16.5 Å². The second-order valence-electron chi connectivity index (χ2n) is 5.97. The number of hydrogen-bond donors (Lipinski definition) is 1. The Morgan fingerprint density at radius 1 is 1.28 bits per heavy atom. The number of aromatic nitrogens is 1. The lowest BCUT2D eigenvalue weighted by molar-refractivity contribution is -0.384. The molecule has 132 valence electrons. The molecule has 0 spiro atoms. The van der Waals surface area contributed by atoms with Crippen LogP contribution in [0.2, 0.25) is 0 Å². The van der Waals surface area contributed by atoms with E-state index in [1.165, 1.54) is 24.3 Å². The Hall–Kier alpha value is -2.96. The number of hydrogen-bond acceptors (Lipinski definition) is 4. The Kier molecular flexibility index (Phi) is 5.36. The van der Waals surface area contributed by atoms with Gasteiger partial charge in [0.1, 0.15) is 0 Å². The molecule has 1 N–H and O–H groups in total. The van der Waals surface area contributed by atoms with Crippen molar-refractivity contribution in [3.63, 3.8) is 0 Å². The molecule has 1 atom stereocenters. The van der Waals surface area contributed by atoms with Crippen LogP contribution in [-0.4, -0.2) is 26.3 Å². The number of carboxylic acids is 1. The smallest absolute Gasteiger partial charge is 0.312 e. The Bertz CT molecular complexity index is 821. The molecule has 0 aliphatic carbocycles. The highest BCUT2D eigenvalue weighted by Gasteiger charge is 2.26. The maximum Gasteiger partial charge on any atom is 0.312 e. The van der Waals surface area contributed by atoms with Crippen molar-refractivity contribution < 1.29 is 19.6 Å². The maximum absolute atomic E-state index is 12.8. The van der Waals surface area contributed by atoms with Gasteiger partial charge in [-0.2, -0.15) is 0 Å². The molecule has 1 aromatic heterocycles. The van der Waals surface area contributed by atoms with Gasteiger partial charge >= 0.3 is 5.97 Å². The molecular weight excluding hydrogens is 324 g/mol. The zero-order chi connectivity index (χ0) is 18.7. The number of aryl methyl sites for hydroxylation is 1. The van der Waals surface area contributed by atoms with Crippen LogP contribution in [0.4, 0.5) is 5.69 Å². The van der Waals surface area contributed by atoms with E-state index in [-0.39, 0.29) is 11.5 Å². The number of non-ortho nitro benzene ring substituents is 1. The summed E-state index contributed by atoms with van der Waals surface area (Å²) in [6.07, 6.45) is 1.20. The third-order valence-electron chi connectivity index (χ3n) is 4.25. The van der Waals surface area contributed by atoms with E-state index in [4.69, 9.17) is 0 Å². The molecule has 0 fully saturated rings. The minimum absolute atomic E-state index is 0.0882. The lowest BCUT2D eigenvalue weighted by Gasteiger charge is -2.14. The van der Waals surface area contributed by atoms with Gasteiger partial charge in [0.15, 0.2) is 0 Å². The summed E-state index contributed by atoms with van der Waals surface area (Å²) < 4.78 is 1.62. The minimum Gasteiger partial charge on any atom is -0.481 e. The fraction of sp³-hybridized carbons (Fsp3) is 0.333. The SMILES string of the molecule is CCCC(C(=O)O)c1cc(C)c(C(=O)c2ccc([N+](=O)[O-])cc2)n1C. The summed E-state index contributed by atoms with van der Waals surface area (Å²) in [5.41, 5.74) is 1.89. The van der Waals surface area contributed by atoms with Crippen LogP contribution < -0.4 is 0 Å². The van der Waals surface area contributed by atoms with Crippen molar-refractivity contribution in [2.75, 3.05) is 0 Å². The van der Waals surface area contributed by atoms with Crippen LogP contribution in [0.15, 0.2) is 30.3 Å². The number of nitrogens with zero attached hydrogens (tertiary/aromatic N) is 2. The van der Waals surface area contributed by atoms with Crippen LogP contribution in [0.1, 0.15) is 53.0 Å². The molecule has 1 heterocycles. The van der Waals surface area contributed by atoms with Gasteiger partial charge < -0.3 is 9.67 Å². The topological polar surface area (TPSA) is 102 Å². The number of benzene rings is 1. The zero-order valence-electron chi connectivity index (χ0n) is 14.4. The Balaban J connectivity index is 2.44. The van der Waals surface area contributed by atoms with Crippen LogP contribution in [0.25, 0.3) is 0 Å². The second kappa shape index (κ2) is 7.29. The molecule has 0 aliphatic heterocycles. The van der Waals surface area contributed by atoms with Crippen molar-refractivity contribution >= 4 is 17.4 Å². The molecule has 0 saturated heterocycles. The van der Waals surface area contributed by atoms with E-state index in [0.29, 0.717) is 35.4 Å². The van der Waals surface area contributed by atoms with E-state index >= 15 is 0 Å². The van der Waals surface area contributed by atoms with Crippen molar-refractivity contribution in [1.82, 2.24) is 4.57 Å². The normalized spacial score (nSPS) is 12.0. The number of aliphatic carboxylic acids is 1. The summed E-state index contributed by atoms with van der Waals surface area (Å²) in [7, 11) is 1.67. The molecule has 7 nitrogen and oxygen atoms in total. The number of rotatable bonds is 7. The summed E-state index contributed by atoms with van der Waals surface area (Å²) in [5, 5.41) is 20.2. The van der Waals surface area contributed by atoms with Crippen LogP contribution in [0, 0.1) is 17.0 Å². The van der Waals surface area contributed by atoms with E-state index in [2.05, 4.69) is 0 Å². The van der Waals surface area contributed by atoms with Crippen molar-refractivity contribution in [2.24, 2.45) is 7.05 Å². The molecule has 7 heteroatoms. The van der Waals surface area contributed by atoms with Gasteiger partial charge in [0, 0.05) is 30.4 Å². The highest BCUT2D eigenvalue weighted by molar-refractivity contribution is 6.09. The summed E-state index contributed by atoms with van der Waals surface area (Å²) >= 11 is 0. The average Bonchev–Trinajstić information content (AvgIpc) is 2.86. The number of nitro groups is 1. The highest BCUT2D eigenvalue weighted by Crippen LogP contribution is 2.27. The van der Waals surface area contributed by atoms with Gasteiger partial charge in [0.2, 0.25) is 5.78 Å². The monoisotopic (exact) mass is 344 g/mol.